The fourth-order valence-electron chi connectivity index (χ4n) is 2.90. The van der Waals surface area contributed by atoms with Gasteiger partial charge in [0.1, 0.15) is 11.9 Å². The summed E-state index contributed by atoms with van der Waals surface area (Å²) in [6.07, 6.45) is 5.84. The first-order valence-electron chi connectivity index (χ1n) is 7.32. The minimum atomic E-state index is 0.255. The predicted octanol–water partition coefficient (Wildman–Crippen LogP) is 3.60. The third-order valence-electron chi connectivity index (χ3n) is 3.93. The average molecular weight is 342 g/mol. The molecular weight excluding hydrogens is 318 g/mol. The van der Waals surface area contributed by atoms with Crippen molar-refractivity contribution in [3.8, 4) is 5.75 Å². The Kier molecular flexibility index (Phi) is 5.87. The highest BCUT2D eigenvalue weighted by molar-refractivity contribution is 9.10. The number of rotatable bonds is 5. The Hall–Kier alpha value is -0.580. The molecule has 2 atom stereocenters. The maximum absolute atomic E-state index is 6.30. The van der Waals surface area contributed by atoms with Crippen LogP contribution in [0.5, 0.6) is 5.75 Å². The molecule has 1 aliphatic carbocycles. The van der Waals surface area contributed by atoms with Crippen LogP contribution in [-0.4, -0.2) is 25.9 Å². The fraction of sp³-hybridized carbons (Fsp3) is 0.625. The largest absolute Gasteiger partial charge is 0.490 e. The van der Waals surface area contributed by atoms with Crippen molar-refractivity contribution in [2.45, 2.75) is 51.2 Å². The SMILES string of the molecule is COC1CCCC(Oc2c(C)cc(Br)cc2CCN)C1. The standard InChI is InChI=1S/C16H24BrNO2/c1-11-8-13(17)9-12(6-7-18)16(11)20-15-5-3-4-14(10-15)19-2/h8-9,14-15H,3-7,10,18H2,1-2H3. The quantitative estimate of drug-likeness (QED) is 0.889. The van der Waals surface area contributed by atoms with E-state index >= 15 is 0 Å². The minimum absolute atomic E-state index is 0.255. The highest BCUT2D eigenvalue weighted by atomic mass is 79.9. The van der Waals surface area contributed by atoms with E-state index in [1.54, 1.807) is 7.11 Å². The molecule has 0 amide bonds. The Morgan fingerprint density at radius 3 is 2.75 bits per heavy atom. The summed E-state index contributed by atoms with van der Waals surface area (Å²) in [4.78, 5) is 0. The van der Waals surface area contributed by atoms with E-state index in [1.807, 2.05) is 0 Å². The zero-order chi connectivity index (χ0) is 14.5. The first-order chi connectivity index (χ1) is 9.63. The number of hydrogen-bond acceptors (Lipinski definition) is 3. The zero-order valence-electron chi connectivity index (χ0n) is 12.3. The van der Waals surface area contributed by atoms with Crippen LogP contribution in [0.3, 0.4) is 0 Å². The second kappa shape index (κ2) is 7.43. The molecule has 1 aromatic rings. The Balaban J connectivity index is 2.15. The van der Waals surface area contributed by atoms with Crippen molar-refractivity contribution in [2.24, 2.45) is 5.73 Å². The molecule has 0 spiro atoms. The van der Waals surface area contributed by atoms with E-state index in [9.17, 15) is 0 Å². The molecule has 2 rings (SSSR count). The molecular formula is C16H24BrNO2. The van der Waals surface area contributed by atoms with Crippen molar-refractivity contribution in [2.75, 3.05) is 13.7 Å². The van der Waals surface area contributed by atoms with E-state index in [1.165, 1.54) is 17.5 Å². The maximum Gasteiger partial charge on any atom is 0.125 e. The van der Waals surface area contributed by atoms with E-state index in [4.69, 9.17) is 15.2 Å². The Bertz CT molecular complexity index is 450. The molecule has 20 heavy (non-hydrogen) atoms. The van der Waals surface area contributed by atoms with Crippen molar-refractivity contribution in [3.05, 3.63) is 27.7 Å². The van der Waals surface area contributed by atoms with Crippen LogP contribution in [0.25, 0.3) is 0 Å². The van der Waals surface area contributed by atoms with Crippen LogP contribution in [0.4, 0.5) is 0 Å². The first kappa shape index (κ1) is 15.8. The molecule has 0 saturated heterocycles. The Morgan fingerprint density at radius 2 is 2.05 bits per heavy atom. The molecule has 0 aliphatic heterocycles. The van der Waals surface area contributed by atoms with Gasteiger partial charge >= 0.3 is 0 Å². The molecule has 2 N–H and O–H groups in total. The van der Waals surface area contributed by atoms with E-state index in [0.29, 0.717) is 12.6 Å². The van der Waals surface area contributed by atoms with E-state index in [-0.39, 0.29) is 6.10 Å². The van der Waals surface area contributed by atoms with Crippen molar-refractivity contribution in [3.63, 3.8) is 0 Å². The summed E-state index contributed by atoms with van der Waals surface area (Å²) >= 11 is 3.55. The van der Waals surface area contributed by atoms with Gasteiger partial charge in [0.05, 0.1) is 6.10 Å². The number of ether oxygens (including phenoxy) is 2. The average Bonchev–Trinajstić information content (AvgIpc) is 2.43. The number of aryl methyl sites for hydroxylation is 1. The molecule has 3 nitrogen and oxygen atoms in total. The topological polar surface area (TPSA) is 44.5 Å². The van der Waals surface area contributed by atoms with Crippen molar-refractivity contribution >= 4 is 15.9 Å². The van der Waals surface area contributed by atoms with Gasteiger partial charge in [0.25, 0.3) is 0 Å². The third kappa shape index (κ3) is 3.96. The van der Waals surface area contributed by atoms with Crippen LogP contribution in [0.2, 0.25) is 0 Å². The molecule has 1 saturated carbocycles. The summed E-state index contributed by atoms with van der Waals surface area (Å²) < 4.78 is 12.9. The molecule has 1 aromatic carbocycles. The molecule has 1 fully saturated rings. The van der Waals surface area contributed by atoms with E-state index < -0.39 is 0 Å². The maximum atomic E-state index is 6.30. The highest BCUT2D eigenvalue weighted by Crippen LogP contribution is 2.32. The zero-order valence-corrected chi connectivity index (χ0v) is 13.9. The summed E-state index contributed by atoms with van der Waals surface area (Å²) in [5, 5.41) is 0. The molecule has 0 aromatic heterocycles. The molecule has 0 heterocycles. The number of hydrogen-bond donors (Lipinski definition) is 1. The summed E-state index contributed by atoms with van der Waals surface area (Å²) in [7, 11) is 1.79. The van der Waals surface area contributed by atoms with Crippen molar-refractivity contribution in [1.29, 1.82) is 0 Å². The third-order valence-corrected chi connectivity index (χ3v) is 4.38. The molecule has 1 aliphatic rings. The number of nitrogens with two attached hydrogens (primary N) is 1. The summed E-state index contributed by atoms with van der Waals surface area (Å²) in [6.45, 7) is 2.73. The van der Waals surface area contributed by atoms with E-state index in [0.717, 1.165) is 35.9 Å². The lowest BCUT2D eigenvalue weighted by molar-refractivity contribution is 0.0204. The second-order valence-electron chi connectivity index (χ2n) is 5.51. The lowest BCUT2D eigenvalue weighted by atomic mass is 9.94. The van der Waals surface area contributed by atoms with Crippen LogP contribution in [0.15, 0.2) is 16.6 Å². The van der Waals surface area contributed by atoms with Gasteiger partial charge in [-0.1, -0.05) is 15.9 Å². The van der Waals surface area contributed by atoms with Gasteiger partial charge in [-0.05, 0) is 62.4 Å². The molecule has 0 radical (unpaired) electrons. The van der Waals surface area contributed by atoms with Gasteiger partial charge in [-0.3, -0.25) is 0 Å². The summed E-state index contributed by atoms with van der Waals surface area (Å²) in [5.74, 6) is 1.01. The van der Waals surface area contributed by atoms with Crippen LogP contribution < -0.4 is 10.5 Å². The van der Waals surface area contributed by atoms with Gasteiger partial charge in [0.2, 0.25) is 0 Å². The van der Waals surface area contributed by atoms with Gasteiger partial charge in [0.15, 0.2) is 0 Å². The Morgan fingerprint density at radius 1 is 1.30 bits per heavy atom. The molecule has 0 bridgehead atoms. The van der Waals surface area contributed by atoms with Gasteiger partial charge in [-0.25, -0.2) is 0 Å². The Labute approximate surface area is 130 Å². The summed E-state index contributed by atoms with van der Waals surface area (Å²) in [6, 6.07) is 4.22. The van der Waals surface area contributed by atoms with Crippen molar-refractivity contribution < 1.29 is 9.47 Å². The number of methoxy groups -OCH3 is 1. The second-order valence-corrected chi connectivity index (χ2v) is 6.43. The normalized spacial score (nSPS) is 22.8. The van der Waals surface area contributed by atoms with Crippen LogP contribution >= 0.6 is 15.9 Å². The van der Waals surface area contributed by atoms with E-state index in [2.05, 4.69) is 35.0 Å². The van der Waals surface area contributed by atoms with Crippen LogP contribution in [0, 0.1) is 6.92 Å². The monoisotopic (exact) mass is 341 g/mol. The molecule has 2 unspecified atom stereocenters. The first-order valence-corrected chi connectivity index (χ1v) is 8.12. The van der Waals surface area contributed by atoms with Gasteiger partial charge in [-0.2, -0.15) is 0 Å². The smallest absolute Gasteiger partial charge is 0.125 e. The molecule has 4 heteroatoms. The number of benzene rings is 1. The van der Waals surface area contributed by atoms with Gasteiger partial charge < -0.3 is 15.2 Å². The van der Waals surface area contributed by atoms with Gasteiger partial charge in [0, 0.05) is 18.0 Å². The summed E-state index contributed by atoms with van der Waals surface area (Å²) in [5.41, 5.74) is 8.08. The highest BCUT2D eigenvalue weighted by Gasteiger charge is 2.24. The molecule has 112 valence electrons. The lowest BCUT2D eigenvalue weighted by Gasteiger charge is -2.30. The number of halogens is 1. The van der Waals surface area contributed by atoms with Crippen LogP contribution in [0.1, 0.15) is 36.8 Å². The fourth-order valence-corrected chi connectivity index (χ4v) is 3.52. The van der Waals surface area contributed by atoms with Gasteiger partial charge in [-0.15, -0.1) is 0 Å². The van der Waals surface area contributed by atoms with Crippen LogP contribution in [-0.2, 0) is 11.2 Å². The lowest BCUT2D eigenvalue weighted by Crippen LogP contribution is -2.30. The minimum Gasteiger partial charge on any atom is -0.490 e. The van der Waals surface area contributed by atoms with Crippen molar-refractivity contribution in [1.82, 2.24) is 0 Å². The predicted molar refractivity (Wildman–Crippen MR) is 85.3 cm³/mol.